The van der Waals surface area contributed by atoms with Crippen LogP contribution in [0.5, 0.6) is 0 Å². The largest absolute Gasteiger partial charge is 0.460 e. The number of carbonyl (C=O) groups excluding carboxylic acids is 2. The number of benzene rings is 1. The number of aryl methyl sites for hydroxylation is 1. The summed E-state index contributed by atoms with van der Waals surface area (Å²) in [4.78, 5) is 38.8. The number of nitrogens with one attached hydrogen (secondary N) is 4. The normalized spacial score (nSPS) is 12.7. The quantitative estimate of drug-likeness (QED) is 0.0611. The number of nitrogens with zero attached hydrogens (tertiary/aromatic N) is 3. The van der Waals surface area contributed by atoms with Gasteiger partial charge >= 0.3 is 5.97 Å². The third-order valence-corrected chi connectivity index (χ3v) is 8.68. The Balaban J connectivity index is 1.55. The lowest BCUT2D eigenvalue weighted by atomic mass is 9.98. The summed E-state index contributed by atoms with van der Waals surface area (Å²) in [5.74, 6) is 0.0537. The number of amides is 1. The molecule has 49 heavy (non-hydrogen) atoms. The Morgan fingerprint density at radius 3 is 2.51 bits per heavy atom. The molecule has 0 radical (unpaired) electrons. The molecule has 0 saturated carbocycles. The van der Waals surface area contributed by atoms with E-state index in [0.29, 0.717) is 42.6 Å². The zero-order valence-electron chi connectivity index (χ0n) is 30.2. The summed E-state index contributed by atoms with van der Waals surface area (Å²) in [6.07, 6.45) is 9.90. The number of esters is 1. The first-order valence-electron chi connectivity index (χ1n) is 16.9. The summed E-state index contributed by atoms with van der Waals surface area (Å²) in [5.41, 5.74) is 3.60. The minimum absolute atomic E-state index is 0.0324. The van der Waals surface area contributed by atoms with Crippen LogP contribution in [-0.2, 0) is 26.2 Å². The van der Waals surface area contributed by atoms with Crippen molar-refractivity contribution in [3.63, 3.8) is 0 Å². The minimum Gasteiger partial charge on any atom is -0.460 e. The van der Waals surface area contributed by atoms with Crippen LogP contribution in [0.15, 0.2) is 48.6 Å². The van der Waals surface area contributed by atoms with E-state index in [-0.39, 0.29) is 23.4 Å². The van der Waals surface area contributed by atoms with Gasteiger partial charge in [-0.05, 0) is 70.2 Å². The number of ether oxygens (including phenoxy) is 2. The Labute approximate surface area is 295 Å². The number of rotatable bonds is 18. The monoisotopic (exact) mass is 691 g/mol. The van der Waals surface area contributed by atoms with E-state index >= 15 is 0 Å². The molecule has 4 N–H and O–H groups in total. The first-order valence-corrected chi connectivity index (χ1v) is 17.7. The Morgan fingerprint density at radius 1 is 1.08 bits per heavy atom. The molecule has 2 heterocycles. The van der Waals surface area contributed by atoms with Gasteiger partial charge in [0.15, 0.2) is 0 Å². The van der Waals surface area contributed by atoms with Gasteiger partial charge in [-0.3, -0.25) is 9.59 Å². The number of aromatic nitrogens is 3. The third-order valence-electron chi connectivity index (χ3n) is 7.25. The van der Waals surface area contributed by atoms with Gasteiger partial charge in [-0.1, -0.05) is 46.2 Å². The highest BCUT2D eigenvalue weighted by molar-refractivity contribution is 7.13. The van der Waals surface area contributed by atoms with Crippen molar-refractivity contribution in [2.45, 2.75) is 111 Å². The molecule has 2 aromatic heterocycles. The highest BCUT2D eigenvalue weighted by Crippen LogP contribution is 2.27. The zero-order chi connectivity index (χ0) is 36.0. The van der Waals surface area contributed by atoms with Crippen molar-refractivity contribution in [1.29, 1.82) is 5.41 Å². The van der Waals surface area contributed by atoms with Crippen LogP contribution >= 0.6 is 11.3 Å². The SMILES string of the molecule is CCCO[C@@H](CCCCC(=O)OC(C)(C)C)CN/C=C(\C=N)Nc1nccc(-c2ccc(CNC(=O)c3cnc(C(C)(C)C)s3)c(C)c2)n1. The van der Waals surface area contributed by atoms with Crippen LogP contribution in [0.3, 0.4) is 0 Å². The minimum atomic E-state index is -0.473. The smallest absolute Gasteiger partial charge is 0.306 e. The molecule has 0 aliphatic carbocycles. The van der Waals surface area contributed by atoms with E-state index in [9.17, 15) is 9.59 Å². The number of thiazole rings is 1. The van der Waals surface area contributed by atoms with Crippen molar-refractivity contribution in [3.8, 4) is 11.3 Å². The molecular formula is C37H53N7O4S. The predicted molar refractivity (Wildman–Crippen MR) is 197 cm³/mol. The summed E-state index contributed by atoms with van der Waals surface area (Å²) in [6.45, 7) is 17.6. The fourth-order valence-corrected chi connectivity index (χ4v) is 5.62. The number of hydrogen-bond acceptors (Lipinski definition) is 11. The number of unbranched alkanes of at least 4 members (excludes halogenated alkanes) is 1. The fraction of sp³-hybridized carbons (Fsp3) is 0.514. The highest BCUT2D eigenvalue weighted by Gasteiger charge is 2.20. The molecule has 0 bridgehead atoms. The van der Waals surface area contributed by atoms with Crippen molar-refractivity contribution < 1.29 is 19.1 Å². The standard InChI is InChI=1S/C37H53N7O4S/c1-9-18-47-29(12-10-11-13-32(45)48-37(6,7)8)23-39-22-28(20-38)43-35-40-17-16-30(44-35)26-14-15-27(25(2)19-26)21-41-33(46)31-24-42-34(49-31)36(3,4)5/h14-17,19-20,22,24,29,38-39H,9-13,18,21,23H2,1-8H3,(H,41,46)(H,40,43,44)/b28-22+,38-20?/t29-/m0/s1. The summed E-state index contributed by atoms with van der Waals surface area (Å²) in [6, 6.07) is 7.85. The van der Waals surface area contributed by atoms with Gasteiger partial charge in [-0.15, -0.1) is 11.3 Å². The molecule has 11 nitrogen and oxygen atoms in total. The molecule has 0 aliphatic heterocycles. The lowest BCUT2D eigenvalue weighted by Crippen LogP contribution is -2.27. The van der Waals surface area contributed by atoms with Gasteiger partial charge in [0.25, 0.3) is 5.91 Å². The zero-order valence-corrected chi connectivity index (χ0v) is 31.1. The average Bonchev–Trinajstić information content (AvgIpc) is 3.55. The lowest BCUT2D eigenvalue weighted by Gasteiger charge is -2.20. The highest BCUT2D eigenvalue weighted by atomic mass is 32.1. The Morgan fingerprint density at radius 2 is 1.86 bits per heavy atom. The summed E-state index contributed by atoms with van der Waals surface area (Å²) >= 11 is 1.42. The molecule has 3 aromatic rings. The molecule has 0 spiro atoms. The van der Waals surface area contributed by atoms with Crippen molar-refractivity contribution in [3.05, 3.63) is 69.6 Å². The molecule has 1 atom stereocenters. The predicted octanol–water partition coefficient (Wildman–Crippen LogP) is 7.33. The second kappa shape index (κ2) is 18.6. The van der Waals surface area contributed by atoms with E-state index in [2.05, 4.69) is 58.6 Å². The van der Waals surface area contributed by atoms with E-state index in [0.717, 1.165) is 53.1 Å². The number of hydrogen-bond donors (Lipinski definition) is 4. The van der Waals surface area contributed by atoms with Gasteiger partial charge in [-0.25, -0.2) is 15.0 Å². The van der Waals surface area contributed by atoms with E-state index < -0.39 is 5.60 Å². The molecule has 3 rings (SSSR count). The van der Waals surface area contributed by atoms with Crippen molar-refractivity contribution >= 4 is 35.4 Å². The molecule has 266 valence electrons. The fourth-order valence-electron chi connectivity index (χ4n) is 4.73. The van der Waals surface area contributed by atoms with E-state index in [4.69, 9.17) is 14.9 Å². The van der Waals surface area contributed by atoms with E-state index in [1.54, 1.807) is 18.6 Å². The summed E-state index contributed by atoms with van der Waals surface area (Å²) < 4.78 is 11.4. The lowest BCUT2D eigenvalue weighted by molar-refractivity contribution is -0.154. The van der Waals surface area contributed by atoms with Gasteiger partial charge in [0.1, 0.15) is 10.5 Å². The van der Waals surface area contributed by atoms with Crippen molar-refractivity contribution in [2.24, 2.45) is 0 Å². The molecule has 12 heteroatoms. The second-order valence-electron chi connectivity index (χ2n) is 14.0. The Hall–Kier alpha value is -4.16. The molecule has 1 amide bonds. The Kier molecular flexibility index (Phi) is 14.9. The molecule has 0 fully saturated rings. The molecule has 0 saturated heterocycles. The topological polar surface area (TPSA) is 151 Å². The maximum absolute atomic E-state index is 12.7. The van der Waals surface area contributed by atoms with Gasteiger partial charge in [0, 0.05) is 55.7 Å². The van der Waals surface area contributed by atoms with Crippen LogP contribution in [-0.4, -0.2) is 57.9 Å². The van der Waals surface area contributed by atoms with Gasteiger partial charge in [0.2, 0.25) is 5.95 Å². The first-order chi connectivity index (χ1) is 23.2. The Bertz CT molecular complexity index is 1570. The van der Waals surface area contributed by atoms with E-state index in [1.165, 1.54) is 17.6 Å². The summed E-state index contributed by atoms with van der Waals surface area (Å²) in [5, 5.41) is 18.2. The summed E-state index contributed by atoms with van der Waals surface area (Å²) in [7, 11) is 0. The van der Waals surface area contributed by atoms with Gasteiger partial charge in [0.05, 0.1) is 28.7 Å². The molecule has 0 aliphatic rings. The number of anilines is 1. The molecule has 0 unspecified atom stereocenters. The molecule has 1 aromatic carbocycles. The van der Waals surface area contributed by atoms with Crippen molar-refractivity contribution in [1.82, 2.24) is 25.6 Å². The van der Waals surface area contributed by atoms with Crippen LogP contribution in [0.4, 0.5) is 5.95 Å². The van der Waals surface area contributed by atoms with Crippen LogP contribution in [0.2, 0.25) is 0 Å². The molecular weight excluding hydrogens is 639 g/mol. The van der Waals surface area contributed by atoms with Crippen LogP contribution in [0, 0.1) is 12.3 Å². The van der Waals surface area contributed by atoms with Crippen LogP contribution < -0.4 is 16.0 Å². The number of allylic oxidation sites excluding steroid dienone is 1. The maximum Gasteiger partial charge on any atom is 0.306 e. The number of carbonyl (C=O) groups is 2. The third kappa shape index (κ3) is 13.7. The maximum atomic E-state index is 12.7. The average molecular weight is 692 g/mol. The van der Waals surface area contributed by atoms with Crippen LogP contribution in [0.1, 0.15) is 106 Å². The van der Waals surface area contributed by atoms with Crippen molar-refractivity contribution in [2.75, 3.05) is 18.5 Å². The second-order valence-corrected chi connectivity index (χ2v) is 15.0. The van der Waals surface area contributed by atoms with Gasteiger partial charge in [-0.2, -0.15) is 0 Å². The van der Waals surface area contributed by atoms with Crippen LogP contribution in [0.25, 0.3) is 11.3 Å². The van der Waals surface area contributed by atoms with Gasteiger partial charge < -0.3 is 30.8 Å². The first kappa shape index (κ1) is 39.3. The van der Waals surface area contributed by atoms with E-state index in [1.807, 2.05) is 52.0 Å².